The van der Waals surface area contributed by atoms with E-state index in [1.807, 2.05) is 24.3 Å². The van der Waals surface area contributed by atoms with Crippen LogP contribution in [0.5, 0.6) is 0 Å². The first kappa shape index (κ1) is 13.8. The van der Waals surface area contributed by atoms with Gasteiger partial charge in [0.25, 0.3) is 5.89 Å². The standard InChI is InChI=1S/C15H18N4O2/c1-10-17-13(21-19-10)11-6-2-3-7-12(11)18-14(20)15(16)8-4-5-9-15/h2-3,6-7H,4-5,8-9,16H2,1H3,(H,18,20). The van der Waals surface area contributed by atoms with E-state index in [0.717, 1.165) is 25.7 Å². The number of aromatic nitrogens is 2. The molecule has 0 atom stereocenters. The third-order valence-electron chi connectivity index (χ3n) is 3.88. The van der Waals surface area contributed by atoms with E-state index in [1.54, 1.807) is 6.92 Å². The minimum atomic E-state index is -0.766. The van der Waals surface area contributed by atoms with Gasteiger partial charge in [0.1, 0.15) is 0 Å². The molecular formula is C15H18N4O2. The lowest BCUT2D eigenvalue weighted by Crippen LogP contribution is -2.48. The molecule has 0 bridgehead atoms. The molecule has 3 rings (SSSR count). The van der Waals surface area contributed by atoms with Crippen molar-refractivity contribution in [1.82, 2.24) is 10.1 Å². The first-order valence-corrected chi connectivity index (χ1v) is 7.08. The molecule has 1 heterocycles. The van der Waals surface area contributed by atoms with Crippen LogP contribution in [0.3, 0.4) is 0 Å². The van der Waals surface area contributed by atoms with Crippen molar-refractivity contribution in [1.29, 1.82) is 0 Å². The molecule has 110 valence electrons. The largest absolute Gasteiger partial charge is 0.334 e. The van der Waals surface area contributed by atoms with Crippen LogP contribution in [-0.4, -0.2) is 21.6 Å². The minimum Gasteiger partial charge on any atom is -0.334 e. The van der Waals surface area contributed by atoms with Gasteiger partial charge in [-0.1, -0.05) is 30.1 Å². The van der Waals surface area contributed by atoms with Crippen LogP contribution in [0.2, 0.25) is 0 Å². The highest BCUT2D eigenvalue weighted by molar-refractivity contribution is 6.00. The lowest BCUT2D eigenvalue weighted by Gasteiger charge is -2.22. The van der Waals surface area contributed by atoms with E-state index in [2.05, 4.69) is 15.5 Å². The molecule has 1 amide bonds. The SMILES string of the molecule is Cc1noc(-c2ccccc2NC(=O)C2(N)CCCC2)n1. The van der Waals surface area contributed by atoms with E-state index in [9.17, 15) is 4.79 Å². The molecule has 1 fully saturated rings. The Morgan fingerprint density at radius 1 is 1.33 bits per heavy atom. The summed E-state index contributed by atoms with van der Waals surface area (Å²) in [4.78, 5) is 16.6. The maximum Gasteiger partial charge on any atom is 0.260 e. The Morgan fingerprint density at radius 3 is 2.71 bits per heavy atom. The molecule has 1 aromatic heterocycles. The van der Waals surface area contributed by atoms with Gasteiger partial charge >= 0.3 is 0 Å². The van der Waals surface area contributed by atoms with Gasteiger partial charge in [-0.2, -0.15) is 4.98 Å². The van der Waals surface area contributed by atoms with Crippen LogP contribution in [0.15, 0.2) is 28.8 Å². The summed E-state index contributed by atoms with van der Waals surface area (Å²) in [6.45, 7) is 1.75. The number of rotatable bonds is 3. The zero-order valence-corrected chi connectivity index (χ0v) is 11.9. The smallest absolute Gasteiger partial charge is 0.260 e. The van der Waals surface area contributed by atoms with Gasteiger partial charge in [-0.25, -0.2) is 0 Å². The summed E-state index contributed by atoms with van der Waals surface area (Å²) in [6.07, 6.45) is 3.43. The summed E-state index contributed by atoms with van der Waals surface area (Å²) in [7, 11) is 0. The third-order valence-corrected chi connectivity index (χ3v) is 3.88. The number of para-hydroxylation sites is 1. The molecule has 0 unspecified atom stereocenters. The number of carbonyl (C=O) groups is 1. The van der Waals surface area contributed by atoms with E-state index in [4.69, 9.17) is 10.3 Å². The lowest BCUT2D eigenvalue weighted by molar-refractivity contribution is -0.120. The average molecular weight is 286 g/mol. The van der Waals surface area contributed by atoms with E-state index < -0.39 is 5.54 Å². The first-order valence-electron chi connectivity index (χ1n) is 7.08. The van der Waals surface area contributed by atoms with Gasteiger partial charge in [0.05, 0.1) is 16.8 Å². The fraction of sp³-hybridized carbons (Fsp3) is 0.400. The normalized spacial score (nSPS) is 16.9. The predicted octanol–water partition coefficient (Wildman–Crippen LogP) is 2.26. The number of hydrogen-bond donors (Lipinski definition) is 2. The first-order chi connectivity index (χ1) is 10.1. The van der Waals surface area contributed by atoms with Crippen LogP contribution < -0.4 is 11.1 Å². The Labute approximate surface area is 122 Å². The second kappa shape index (κ2) is 5.29. The Bertz CT molecular complexity index is 659. The Hall–Kier alpha value is -2.21. The molecule has 0 saturated heterocycles. The summed E-state index contributed by atoms with van der Waals surface area (Å²) in [5.41, 5.74) is 6.76. The number of aryl methyl sites for hydroxylation is 1. The maximum absolute atomic E-state index is 12.4. The van der Waals surface area contributed by atoms with Crippen LogP contribution in [0.4, 0.5) is 5.69 Å². The van der Waals surface area contributed by atoms with Crippen LogP contribution in [0.1, 0.15) is 31.5 Å². The number of nitrogens with two attached hydrogens (primary N) is 1. The molecule has 6 nitrogen and oxygen atoms in total. The monoisotopic (exact) mass is 286 g/mol. The Balaban J connectivity index is 1.87. The number of nitrogens with one attached hydrogen (secondary N) is 1. The molecule has 6 heteroatoms. The zero-order valence-electron chi connectivity index (χ0n) is 11.9. The van der Waals surface area contributed by atoms with E-state index in [1.165, 1.54) is 0 Å². The van der Waals surface area contributed by atoms with Crippen molar-refractivity contribution < 1.29 is 9.32 Å². The van der Waals surface area contributed by atoms with Gasteiger partial charge in [0, 0.05) is 0 Å². The fourth-order valence-electron chi connectivity index (χ4n) is 2.66. The maximum atomic E-state index is 12.4. The molecule has 1 aliphatic rings. The molecule has 2 aromatic rings. The van der Waals surface area contributed by atoms with Gasteiger partial charge < -0.3 is 15.6 Å². The Morgan fingerprint density at radius 2 is 2.05 bits per heavy atom. The van der Waals surface area contributed by atoms with E-state index in [-0.39, 0.29) is 5.91 Å². The average Bonchev–Trinajstić information content (AvgIpc) is 3.09. The lowest BCUT2D eigenvalue weighted by atomic mass is 9.97. The molecule has 0 spiro atoms. The molecule has 21 heavy (non-hydrogen) atoms. The highest BCUT2D eigenvalue weighted by Crippen LogP contribution is 2.31. The van der Waals surface area contributed by atoms with Gasteiger partial charge in [0.15, 0.2) is 5.82 Å². The van der Waals surface area contributed by atoms with Crippen molar-refractivity contribution in [2.75, 3.05) is 5.32 Å². The summed E-state index contributed by atoms with van der Waals surface area (Å²) < 4.78 is 5.18. The summed E-state index contributed by atoms with van der Waals surface area (Å²) in [5.74, 6) is 0.793. The molecule has 0 radical (unpaired) electrons. The topological polar surface area (TPSA) is 94.0 Å². The number of nitrogens with zero attached hydrogens (tertiary/aromatic N) is 2. The van der Waals surface area contributed by atoms with Gasteiger partial charge in [0.2, 0.25) is 5.91 Å². The van der Waals surface area contributed by atoms with Crippen molar-refractivity contribution in [2.45, 2.75) is 38.1 Å². The molecule has 0 aliphatic heterocycles. The number of benzene rings is 1. The second-order valence-electron chi connectivity index (χ2n) is 5.51. The number of carbonyl (C=O) groups excluding carboxylic acids is 1. The zero-order chi connectivity index (χ0) is 14.9. The fourth-order valence-corrected chi connectivity index (χ4v) is 2.66. The summed E-state index contributed by atoms with van der Waals surface area (Å²) in [6, 6.07) is 7.35. The van der Waals surface area contributed by atoms with Crippen molar-refractivity contribution in [3.63, 3.8) is 0 Å². The Kier molecular flexibility index (Phi) is 3.47. The molecule has 1 aliphatic carbocycles. The van der Waals surface area contributed by atoms with Crippen molar-refractivity contribution in [3.05, 3.63) is 30.1 Å². The summed E-state index contributed by atoms with van der Waals surface area (Å²) in [5, 5.41) is 6.69. The van der Waals surface area contributed by atoms with Gasteiger partial charge in [-0.05, 0) is 31.9 Å². The molecule has 3 N–H and O–H groups in total. The molecule has 1 aromatic carbocycles. The van der Waals surface area contributed by atoms with E-state index in [0.29, 0.717) is 23.0 Å². The highest BCUT2D eigenvalue weighted by Gasteiger charge is 2.37. The highest BCUT2D eigenvalue weighted by atomic mass is 16.5. The quantitative estimate of drug-likeness (QED) is 0.902. The van der Waals surface area contributed by atoms with Crippen LogP contribution in [-0.2, 0) is 4.79 Å². The van der Waals surface area contributed by atoms with Crippen LogP contribution in [0, 0.1) is 6.92 Å². The van der Waals surface area contributed by atoms with Crippen molar-refractivity contribution in [2.24, 2.45) is 5.73 Å². The van der Waals surface area contributed by atoms with Crippen LogP contribution in [0.25, 0.3) is 11.5 Å². The molecule has 1 saturated carbocycles. The molecular weight excluding hydrogens is 268 g/mol. The number of amides is 1. The van der Waals surface area contributed by atoms with E-state index >= 15 is 0 Å². The second-order valence-corrected chi connectivity index (χ2v) is 5.51. The number of anilines is 1. The summed E-state index contributed by atoms with van der Waals surface area (Å²) >= 11 is 0. The number of hydrogen-bond acceptors (Lipinski definition) is 5. The van der Waals surface area contributed by atoms with Crippen molar-refractivity contribution in [3.8, 4) is 11.5 Å². The van der Waals surface area contributed by atoms with Gasteiger partial charge in [-0.3, -0.25) is 4.79 Å². The minimum absolute atomic E-state index is 0.149. The van der Waals surface area contributed by atoms with Gasteiger partial charge in [-0.15, -0.1) is 0 Å². The third kappa shape index (κ3) is 2.67. The van der Waals surface area contributed by atoms with Crippen molar-refractivity contribution >= 4 is 11.6 Å². The van der Waals surface area contributed by atoms with Crippen LogP contribution >= 0.6 is 0 Å². The predicted molar refractivity (Wildman–Crippen MR) is 78.5 cm³/mol.